The Morgan fingerprint density at radius 2 is 1.85 bits per heavy atom. The summed E-state index contributed by atoms with van der Waals surface area (Å²) in [5, 5.41) is 6.13. The molecule has 2 aromatic carbocycles. The summed E-state index contributed by atoms with van der Waals surface area (Å²) >= 11 is 0. The third-order valence-electron chi connectivity index (χ3n) is 4.81. The zero-order valence-corrected chi connectivity index (χ0v) is 15.1. The number of aryl methyl sites for hydroxylation is 1. The predicted molar refractivity (Wildman–Crippen MR) is 107 cm³/mol. The van der Waals surface area contributed by atoms with Gasteiger partial charge in [-0.1, -0.05) is 18.2 Å². The largest absolute Gasteiger partial charge is 0.357 e. The summed E-state index contributed by atoms with van der Waals surface area (Å²) in [4.78, 5) is 18.9. The Bertz CT molecular complexity index is 999. The van der Waals surface area contributed by atoms with Crippen LogP contribution in [-0.2, 0) is 0 Å². The SMILES string of the molecule is Cc1ccccc1NC(=O)Nc1cc(F)c2nc(N3CCCC3)ccc2c1. The van der Waals surface area contributed by atoms with Crippen LogP contribution in [0.5, 0.6) is 0 Å². The van der Waals surface area contributed by atoms with E-state index in [4.69, 9.17) is 0 Å². The minimum atomic E-state index is -0.445. The molecule has 1 aliphatic rings. The van der Waals surface area contributed by atoms with Gasteiger partial charge in [0.2, 0.25) is 0 Å². The summed E-state index contributed by atoms with van der Waals surface area (Å²) in [6.45, 7) is 3.83. The number of nitrogens with one attached hydrogen (secondary N) is 2. The minimum Gasteiger partial charge on any atom is -0.357 e. The number of hydrogen-bond acceptors (Lipinski definition) is 3. The van der Waals surface area contributed by atoms with Gasteiger partial charge in [0.05, 0.1) is 0 Å². The summed E-state index contributed by atoms with van der Waals surface area (Å²) < 4.78 is 14.6. The van der Waals surface area contributed by atoms with E-state index in [-0.39, 0.29) is 0 Å². The average Bonchev–Trinajstić information content (AvgIpc) is 3.18. The fraction of sp³-hybridized carbons (Fsp3) is 0.238. The lowest BCUT2D eigenvalue weighted by Crippen LogP contribution is -2.20. The topological polar surface area (TPSA) is 57.3 Å². The number of anilines is 3. The van der Waals surface area contributed by atoms with Gasteiger partial charge >= 0.3 is 6.03 Å². The molecule has 0 spiro atoms. The highest BCUT2D eigenvalue weighted by Crippen LogP contribution is 2.26. The number of fused-ring (bicyclic) bond motifs is 1. The van der Waals surface area contributed by atoms with E-state index in [1.807, 2.05) is 43.3 Å². The van der Waals surface area contributed by atoms with Crippen LogP contribution >= 0.6 is 0 Å². The predicted octanol–water partition coefficient (Wildman–Crippen LogP) is 4.93. The first-order valence-electron chi connectivity index (χ1n) is 9.09. The number of carbonyl (C=O) groups excluding carboxylic acids is 1. The highest BCUT2D eigenvalue weighted by molar-refractivity contribution is 6.01. The fourth-order valence-corrected chi connectivity index (χ4v) is 3.37. The fourth-order valence-electron chi connectivity index (χ4n) is 3.37. The van der Waals surface area contributed by atoms with Crippen molar-refractivity contribution in [1.82, 2.24) is 4.98 Å². The smallest absolute Gasteiger partial charge is 0.323 e. The maximum absolute atomic E-state index is 14.6. The Hall–Kier alpha value is -3.15. The molecule has 0 atom stereocenters. The molecular weight excluding hydrogens is 343 g/mol. The molecule has 4 rings (SSSR count). The van der Waals surface area contributed by atoms with Crippen molar-refractivity contribution in [1.29, 1.82) is 0 Å². The molecule has 0 saturated carbocycles. The Kier molecular flexibility index (Phi) is 4.62. The van der Waals surface area contributed by atoms with Gasteiger partial charge in [-0.3, -0.25) is 0 Å². The second-order valence-corrected chi connectivity index (χ2v) is 6.79. The first-order valence-corrected chi connectivity index (χ1v) is 9.09. The summed E-state index contributed by atoms with van der Waals surface area (Å²) in [6, 6.07) is 13.9. The van der Waals surface area contributed by atoms with Crippen molar-refractivity contribution >= 4 is 34.1 Å². The molecule has 2 heterocycles. The van der Waals surface area contributed by atoms with Crippen LogP contribution in [0.25, 0.3) is 10.9 Å². The quantitative estimate of drug-likeness (QED) is 0.693. The van der Waals surface area contributed by atoms with Crippen molar-refractivity contribution in [2.45, 2.75) is 19.8 Å². The lowest BCUT2D eigenvalue weighted by Gasteiger charge is -2.17. The van der Waals surface area contributed by atoms with Crippen LogP contribution in [-0.4, -0.2) is 24.1 Å². The summed E-state index contributed by atoms with van der Waals surface area (Å²) in [5.41, 5.74) is 2.38. The molecule has 5 nitrogen and oxygen atoms in total. The van der Waals surface area contributed by atoms with Crippen LogP contribution in [0, 0.1) is 12.7 Å². The van der Waals surface area contributed by atoms with E-state index < -0.39 is 11.8 Å². The third-order valence-corrected chi connectivity index (χ3v) is 4.81. The first-order chi connectivity index (χ1) is 13.1. The van der Waals surface area contributed by atoms with Crippen LogP contribution < -0.4 is 15.5 Å². The molecule has 1 saturated heterocycles. The third kappa shape index (κ3) is 3.69. The summed E-state index contributed by atoms with van der Waals surface area (Å²) in [5.74, 6) is 0.358. The molecule has 1 aromatic heterocycles. The first kappa shape index (κ1) is 17.3. The van der Waals surface area contributed by atoms with Crippen LogP contribution in [0.2, 0.25) is 0 Å². The molecule has 27 heavy (non-hydrogen) atoms. The Labute approximate surface area is 157 Å². The van der Waals surface area contributed by atoms with E-state index in [1.165, 1.54) is 6.07 Å². The number of amides is 2. The maximum Gasteiger partial charge on any atom is 0.323 e. The van der Waals surface area contributed by atoms with Gasteiger partial charge in [0.25, 0.3) is 0 Å². The van der Waals surface area contributed by atoms with Gasteiger partial charge in [0.1, 0.15) is 11.3 Å². The van der Waals surface area contributed by atoms with Crippen molar-refractivity contribution in [3.05, 3.63) is 59.9 Å². The summed E-state index contributed by atoms with van der Waals surface area (Å²) in [7, 11) is 0. The van der Waals surface area contributed by atoms with E-state index in [0.717, 1.165) is 37.3 Å². The van der Waals surface area contributed by atoms with Gasteiger partial charge in [-0.25, -0.2) is 14.2 Å². The lowest BCUT2D eigenvalue weighted by atomic mass is 10.2. The monoisotopic (exact) mass is 364 g/mol. The number of halogens is 1. The average molecular weight is 364 g/mol. The molecule has 0 radical (unpaired) electrons. The molecule has 1 aliphatic heterocycles. The van der Waals surface area contributed by atoms with E-state index in [9.17, 15) is 9.18 Å². The molecule has 2 N–H and O–H groups in total. The molecule has 138 valence electrons. The number of rotatable bonds is 3. The number of nitrogens with zero attached hydrogens (tertiary/aromatic N) is 2. The molecule has 2 amide bonds. The number of para-hydroxylation sites is 1. The lowest BCUT2D eigenvalue weighted by molar-refractivity contribution is 0.262. The van der Waals surface area contributed by atoms with Crippen molar-refractivity contribution in [2.75, 3.05) is 28.6 Å². The van der Waals surface area contributed by atoms with Gasteiger partial charge < -0.3 is 15.5 Å². The minimum absolute atomic E-state index is 0.323. The Morgan fingerprint density at radius 1 is 1.07 bits per heavy atom. The second kappa shape index (κ2) is 7.23. The van der Waals surface area contributed by atoms with Crippen LogP contribution in [0.1, 0.15) is 18.4 Å². The van der Waals surface area contributed by atoms with Crippen molar-refractivity contribution in [3.63, 3.8) is 0 Å². The summed E-state index contributed by atoms with van der Waals surface area (Å²) in [6.07, 6.45) is 2.28. The highest BCUT2D eigenvalue weighted by atomic mass is 19.1. The molecule has 0 unspecified atom stereocenters. The maximum atomic E-state index is 14.6. The zero-order valence-electron chi connectivity index (χ0n) is 15.1. The molecule has 0 bridgehead atoms. The van der Waals surface area contributed by atoms with Crippen molar-refractivity contribution < 1.29 is 9.18 Å². The number of benzene rings is 2. The standard InChI is InChI=1S/C21H21FN4O/c1-14-6-2-3-7-18(14)24-21(27)23-16-12-15-8-9-19(26-10-4-5-11-26)25-20(15)17(22)13-16/h2-3,6-9,12-13H,4-5,10-11H2,1H3,(H2,23,24,27). The molecule has 6 heteroatoms. The van der Waals surface area contributed by atoms with E-state index in [1.54, 1.807) is 6.07 Å². The number of aromatic nitrogens is 1. The molecule has 1 fully saturated rings. The van der Waals surface area contributed by atoms with Crippen LogP contribution in [0.15, 0.2) is 48.5 Å². The van der Waals surface area contributed by atoms with Gasteiger partial charge in [-0.05, 0) is 55.7 Å². The highest BCUT2D eigenvalue weighted by Gasteiger charge is 2.15. The number of hydrogen-bond donors (Lipinski definition) is 2. The molecule has 3 aromatic rings. The van der Waals surface area contributed by atoms with Gasteiger partial charge in [0, 0.05) is 29.9 Å². The van der Waals surface area contributed by atoms with E-state index >= 15 is 0 Å². The zero-order chi connectivity index (χ0) is 18.8. The van der Waals surface area contributed by atoms with E-state index in [2.05, 4.69) is 20.5 Å². The van der Waals surface area contributed by atoms with Gasteiger partial charge in [-0.2, -0.15) is 0 Å². The number of pyridine rings is 1. The van der Waals surface area contributed by atoms with Crippen LogP contribution in [0.3, 0.4) is 0 Å². The number of carbonyl (C=O) groups is 1. The molecule has 0 aliphatic carbocycles. The Morgan fingerprint density at radius 3 is 2.63 bits per heavy atom. The van der Waals surface area contributed by atoms with Crippen molar-refractivity contribution in [2.24, 2.45) is 0 Å². The number of urea groups is 1. The van der Waals surface area contributed by atoms with Crippen molar-refractivity contribution in [3.8, 4) is 0 Å². The Balaban J connectivity index is 1.55. The second-order valence-electron chi connectivity index (χ2n) is 6.79. The van der Waals surface area contributed by atoms with Gasteiger partial charge in [-0.15, -0.1) is 0 Å². The van der Waals surface area contributed by atoms with Gasteiger partial charge in [0.15, 0.2) is 5.82 Å². The van der Waals surface area contributed by atoms with Crippen LogP contribution in [0.4, 0.5) is 26.4 Å². The molecular formula is C21H21FN4O. The normalized spacial score (nSPS) is 13.8. The van der Waals surface area contributed by atoms with E-state index in [0.29, 0.717) is 22.3 Å².